The van der Waals surface area contributed by atoms with Crippen LogP contribution in [0.1, 0.15) is 18.9 Å². The molecule has 0 spiro atoms. The summed E-state index contributed by atoms with van der Waals surface area (Å²) in [4.78, 5) is 9.67. The van der Waals surface area contributed by atoms with Crippen molar-refractivity contribution in [2.75, 3.05) is 0 Å². The molecule has 5 nitrogen and oxygen atoms in total. The van der Waals surface area contributed by atoms with Crippen molar-refractivity contribution in [2.45, 2.75) is 20.3 Å². The van der Waals surface area contributed by atoms with Gasteiger partial charge in [0, 0.05) is 11.8 Å². The smallest absolute Gasteiger partial charge is 0.269 e. The van der Waals surface area contributed by atoms with E-state index in [-0.39, 0.29) is 0 Å². The molecule has 0 aliphatic rings. The fourth-order valence-electron chi connectivity index (χ4n) is 1.61. The Kier molecular flexibility index (Phi) is 3.39. The molecule has 0 radical (unpaired) electrons. The Morgan fingerprint density at radius 3 is 2.95 bits per heavy atom. The van der Waals surface area contributed by atoms with Crippen LogP contribution in [0.5, 0.6) is 0 Å². The normalized spacial score (nSPS) is 11.3. The van der Waals surface area contributed by atoms with E-state index in [1.54, 1.807) is 23.7 Å². The van der Waals surface area contributed by atoms with Gasteiger partial charge >= 0.3 is 0 Å². The van der Waals surface area contributed by atoms with Gasteiger partial charge in [0.05, 0.1) is 23.0 Å². The Bertz CT molecular complexity index is 657. The molecule has 0 N–H and O–H groups in total. The third-order valence-electron chi connectivity index (χ3n) is 2.46. The lowest BCUT2D eigenvalue weighted by Crippen LogP contribution is -1.91. The van der Waals surface area contributed by atoms with Crippen molar-refractivity contribution in [3.05, 3.63) is 22.8 Å². The van der Waals surface area contributed by atoms with Gasteiger partial charge in [-0.15, -0.1) is 11.3 Å². The summed E-state index contributed by atoms with van der Waals surface area (Å²) in [7, 11) is 0. The number of hydrogen-bond donors (Lipinski definition) is 0. The van der Waals surface area contributed by atoms with Crippen molar-refractivity contribution >= 4 is 22.9 Å². The number of nitrogens with zero attached hydrogens (tertiary/aromatic N) is 4. The van der Waals surface area contributed by atoms with Gasteiger partial charge in [-0.1, -0.05) is 19.0 Å². The molecule has 3 aromatic rings. The van der Waals surface area contributed by atoms with E-state index in [1.165, 1.54) is 11.5 Å². The zero-order chi connectivity index (χ0) is 13.2. The van der Waals surface area contributed by atoms with Gasteiger partial charge in [0.2, 0.25) is 5.82 Å². The molecule has 0 aromatic carbocycles. The Hall–Kier alpha value is -1.60. The Morgan fingerprint density at radius 1 is 1.32 bits per heavy atom. The van der Waals surface area contributed by atoms with E-state index in [9.17, 15) is 0 Å². The Morgan fingerprint density at radius 2 is 2.21 bits per heavy atom. The molecule has 0 unspecified atom stereocenters. The molecule has 0 saturated heterocycles. The van der Waals surface area contributed by atoms with Gasteiger partial charge in [-0.2, -0.15) is 4.98 Å². The monoisotopic (exact) mass is 292 g/mol. The number of rotatable bonds is 4. The van der Waals surface area contributed by atoms with E-state index < -0.39 is 0 Å². The van der Waals surface area contributed by atoms with Gasteiger partial charge in [0.15, 0.2) is 0 Å². The summed E-state index contributed by atoms with van der Waals surface area (Å²) in [5.41, 5.74) is 0.881. The summed E-state index contributed by atoms with van der Waals surface area (Å²) in [6.07, 6.45) is 4.50. The zero-order valence-corrected chi connectivity index (χ0v) is 12.2. The van der Waals surface area contributed by atoms with Crippen LogP contribution < -0.4 is 0 Å². The number of hydrogen-bond acceptors (Lipinski definition) is 7. The zero-order valence-electron chi connectivity index (χ0n) is 10.5. The van der Waals surface area contributed by atoms with Crippen molar-refractivity contribution in [1.82, 2.24) is 19.5 Å². The van der Waals surface area contributed by atoms with Crippen LogP contribution in [-0.2, 0) is 6.42 Å². The molecule has 0 saturated carbocycles. The average Bonchev–Trinajstić information content (AvgIpc) is 3.09. The third kappa shape index (κ3) is 2.71. The van der Waals surface area contributed by atoms with Crippen LogP contribution in [0.2, 0.25) is 0 Å². The van der Waals surface area contributed by atoms with Crippen LogP contribution in [0.25, 0.3) is 22.2 Å². The van der Waals surface area contributed by atoms with Gasteiger partial charge in [-0.3, -0.25) is 0 Å². The first-order chi connectivity index (χ1) is 9.22. The molecule has 0 aliphatic carbocycles. The molecule has 0 fully saturated rings. The second kappa shape index (κ2) is 5.18. The third-order valence-corrected chi connectivity index (χ3v) is 4.06. The summed E-state index contributed by atoms with van der Waals surface area (Å²) < 4.78 is 9.31. The van der Waals surface area contributed by atoms with Crippen molar-refractivity contribution < 1.29 is 4.52 Å². The number of aromatic nitrogens is 4. The minimum Gasteiger partial charge on any atom is -0.333 e. The maximum atomic E-state index is 5.28. The van der Waals surface area contributed by atoms with E-state index in [2.05, 4.69) is 33.3 Å². The molecule has 98 valence electrons. The van der Waals surface area contributed by atoms with Crippen LogP contribution in [-0.4, -0.2) is 19.5 Å². The summed E-state index contributed by atoms with van der Waals surface area (Å²) in [6.45, 7) is 4.35. The first kappa shape index (κ1) is 12.4. The fraction of sp³-hybridized carbons (Fsp3) is 0.333. The van der Waals surface area contributed by atoms with Crippen LogP contribution in [0.4, 0.5) is 0 Å². The van der Waals surface area contributed by atoms with Crippen LogP contribution >= 0.6 is 22.9 Å². The minimum absolute atomic E-state index is 0.522. The van der Waals surface area contributed by atoms with Gasteiger partial charge < -0.3 is 4.52 Å². The second-order valence-corrected chi connectivity index (χ2v) is 6.33. The van der Waals surface area contributed by atoms with E-state index in [1.807, 2.05) is 5.38 Å². The Balaban J connectivity index is 1.84. The molecule has 3 aromatic heterocycles. The SMILES string of the molecule is CC(C)Cc1ncc(-c2nc(-c3cnsc3)no2)s1. The van der Waals surface area contributed by atoms with Crippen molar-refractivity contribution in [3.63, 3.8) is 0 Å². The highest BCUT2D eigenvalue weighted by atomic mass is 32.1. The highest BCUT2D eigenvalue weighted by Crippen LogP contribution is 2.28. The predicted octanol–water partition coefficient (Wildman–Crippen LogP) is 3.52. The fourth-order valence-corrected chi connectivity index (χ4v) is 3.18. The Labute approximate surface area is 118 Å². The molecule has 0 aliphatic heterocycles. The highest BCUT2D eigenvalue weighted by Gasteiger charge is 2.14. The molecular formula is C12H12N4OS2. The molecule has 0 atom stereocenters. The summed E-state index contributed by atoms with van der Waals surface area (Å²) in [5.74, 6) is 1.69. The maximum absolute atomic E-state index is 5.28. The summed E-state index contributed by atoms with van der Waals surface area (Å²) in [5, 5.41) is 6.96. The van der Waals surface area contributed by atoms with Gasteiger partial charge in [0.1, 0.15) is 4.88 Å². The summed E-state index contributed by atoms with van der Waals surface area (Å²) >= 11 is 2.97. The quantitative estimate of drug-likeness (QED) is 0.736. The van der Waals surface area contributed by atoms with Gasteiger partial charge in [-0.25, -0.2) is 9.36 Å². The second-order valence-electron chi connectivity index (χ2n) is 4.55. The van der Waals surface area contributed by atoms with Crippen LogP contribution in [0.3, 0.4) is 0 Å². The van der Waals surface area contributed by atoms with Gasteiger partial charge in [0.25, 0.3) is 5.89 Å². The number of thiazole rings is 1. The lowest BCUT2D eigenvalue weighted by Gasteiger charge is -1.97. The average molecular weight is 292 g/mol. The van der Waals surface area contributed by atoms with E-state index in [4.69, 9.17) is 4.52 Å². The predicted molar refractivity (Wildman–Crippen MR) is 75.1 cm³/mol. The largest absolute Gasteiger partial charge is 0.333 e. The molecule has 0 amide bonds. The molecular weight excluding hydrogens is 280 g/mol. The minimum atomic E-state index is 0.522. The topological polar surface area (TPSA) is 64.7 Å². The van der Waals surface area contributed by atoms with E-state index in [0.29, 0.717) is 17.6 Å². The van der Waals surface area contributed by atoms with Crippen molar-refractivity contribution in [1.29, 1.82) is 0 Å². The van der Waals surface area contributed by atoms with Crippen LogP contribution in [0, 0.1) is 5.92 Å². The van der Waals surface area contributed by atoms with Crippen molar-refractivity contribution in [3.8, 4) is 22.2 Å². The molecule has 3 heterocycles. The molecule has 3 rings (SSSR count). The molecule has 0 bridgehead atoms. The summed E-state index contributed by atoms with van der Waals surface area (Å²) in [6, 6.07) is 0. The first-order valence-corrected chi connectivity index (χ1v) is 7.56. The maximum Gasteiger partial charge on any atom is 0.269 e. The van der Waals surface area contributed by atoms with Gasteiger partial charge in [-0.05, 0) is 17.5 Å². The van der Waals surface area contributed by atoms with Crippen molar-refractivity contribution in [2.24, 2.45) is 5.92 Å². The molecule has 7 heteroatoms. The lowest BCUT2D eigenvalue weighted by molar-refractivity contribution is 0.433. The lowest BCUT2D eigenvalue weighted by atomic mass is 10.1. The van der Waals surface area contributed by atoms with Crippen LogP contribution in [0.15, 0.2) is 22.3 Å². The molecule has 19 heavy (non-hydrogen) atoms. The standard InChI is InChI=1S/C12H12N4OS2/c1-7(2)3-10-13-5-9(19-10)12-15-11(16-17-12)8-4-14-18-6-8/h4-7H,3H2,1-2H3. The first-order valence-electron chi connectivity index (χ1n) is 5.91. The van der Waals surface area contributed by atoms with E-state index in [0.717, 1.165) is 21.9 Å². The highest BCUT2D eigenvalue weighted by molar-refractivity contribution is 7.15. The van der Waals surface area contributed by atoms with E-state index >= 15 is 0 Å².